The molecule has 2 N–H and O–H groups in total. The number of amides is 3. The molecular formula is C43H51N5O6. The number of aliphatic hydroxyl groups excluding tert-OH is 1. The number of Topliss-reactive ketones (excluding diaryl/α,β-unsaturated/α-hetero) is 1. The zero-order valence-corrected chi connectivity index (χ0v) is 31.6. The molecule has 4 aromatic rings. The third-order valence-electron chi connectivity index (χ3n) is 10.5. The Morgan fingerprint density at radius 2 is 1.69 bits per heavy atom. The van der Waals surface area contributed by atoms with Crippen LogP contribution in [0.1, 0.15) is 103 Å². The molecule has 284 valence electrons. The van der Waals surface area contributed by atoms with Crippen molar-refractivity contribution in [2.45, 2.75) is 91.1 Å². The Bertz CT molecular complexity index is 1960. The molecule has 0 bridgehead atoms. The van der Waals surface area contributed by atoms with Gasteiger partial charge in [-0.3, -0.25) is 19.2 Å². The van der Waals surface area contributed by atoms with E-state index in [0.717, 1.165) is 61.8 Å². The largest absolute Gasteiger partial charge is 0.484 e. The minimum atomic E-state index is -0.448. The molecule has 0 saturated carbocycles. The van der Waals surface area contributed by atoms with Gasteiger partial charge in [-0.1, -0.05) is 63.8 Å². The molecule has 54 heavy (non-hydrogen) atoms. The molecule has 0 radical (unpaired) electrons. The topological polar surface area (TPSA) is 134 Å². The smallest absolute Gasteiger partial charge is 0.262 e. The molecule has 3 amide bonds. The van der Waals surface area contributed by atoms with Crippen molar-refractivity contribution in [2.75, 3.05) is 30.0 Å². The summed E-state index contributed by atoms with van der Waals surface area (Å²) in [7, 11) is 0. The SMILES string of the molecule is CCCCC(CCCC)C(=O)c1cc(C)n(-c2ccc(NC(=O)COc3ccc(N4CCCC4=O)cc3)cc2C(=O)N2Cc3ccccc3C[C@H]2CO)n1. The van der Waals surface area contributed by atoms with Gasteiger partial charge in [0, 0.05) is 42.5 Å². The van der Waals surface area contributed by atoms with Crippen LogP contribution in [0.5, 0.6) is 5.75 Å². The maximum atomic E-state index is 14.6. The van der Waals surface area contributed by atoms with Gasteiger partial charge in [0.1, 0.15) is 11.4 Å². The van der Waals surface area contributed by atoms with Gasteiger partial charge in [0.25, 0.3) is 11.8 Å². The number of nitrogens with zero attached hydrogens (tertiary/aromatic N) is 4. The second-order valence-corrected chi connectivity index (χ2v) is 14.4. The van der Waals surface area contributed by atoms with Crippen molar-refractivity contribution in [2.24, 2.45) is 5.92 Å². The number of fused-ring (bicyclic) bond motifs is 1. The highest BCUT2D eigenvalue weighted by Crippen LogP contribution is 2.30. The van der Waals surface area contributed by atoms with Gasteiger partial charge in [-0.25, -0.2) is 4.68 Å². The van der Waals surface area contributed by atoms with Crippen molar-refractivity contribution in [1.29, 1.82) is 0 Å². The van der Waals surface area contributed by atoms with Crippen molar-refractivity contribution in [3.05, 3.63) is 101 Å². The third-order valence-corrected chi connectivity index (χ3v) is 10.5. The van der Waals surface area contributed by atoms with Crippen molar-refractivity contribution in [3.8, 4) is 11.4 Å². The average Bonchev–Trinajstić information content (AvgIpc) is 3.81. The molecule has 2 aliphatic rings. The second-order valence-electron chi connectivity index (χ2n) is 14.4. The predicted molar refractivity (Wildman–Crippen MR) is 208 cm³/mol. The lowest BCUT2D eigenvalue weighted by Crippen LogP contribution is -2.46. The molecule has 3 aromatic carbocycles. The number of carbonyl (C=O) groups excluding carboxylic acids is 4. The van der Waals surface area contributed by atoms with Crippen LogP contribution in [-0.2, 0) is 22.6 Å². The minimum Gasteiger partial charge on any atom is -0.484 e. The van der Waals surface area contributed by atoms with E-state index in [1.165, 1.54) is 0 Å². The van der Waals surface area contributed by atoms with E-state index in [-0.39, 0.29) is 42.3 Å². The van der Waals surface area contributed by atoms with E-state index in [1.807, 2.05) is 31.2 Å². The molecular weight excluding hydrogens is 683 g/mol. The number of aromatic nitrogens is 2. The molecule has 3 heterocycles. The second kappa shape index (κ2) is 17.7. The van der Waals surface area contributed by atoms with Crippen LogP contribution in [0, 0.1) is 12.8 Å². The van der Waals surface area contributed by atoms with Crippen molar-refractivity contribution >= 4 is 34.9 Å². The van der Waals surface area contributed by atoms with Crippen molar-refractivity contribution < 1.29 is 29.0 Å². The lowest BCUT2D eigenvalue weighted by Gasteiger charge is -2.36. The van der Waals surface area contributed by atoms with Crippen LogP contribution in [-0.4, -0.2) is 69.1 Å². The summed E-state index contributed by atoms with van der Waals surface area (Å²) in [6.07, 6.45) is 7.46. The number of anilines is 2. The predicted octanol–water partition coefficient (Wildman–Crippen LogP) is 7.06. The van der Waals surface area contributed by atoms with E-state index in [2.05, 4.69) is 19.2 Å². The summed E-state index contributed by atoms with van der Waals surface area (Å²) in [5, 5.41) is 18.1. The number of ether oxygens (including phenoxy) is 1. The van der Waals surface area contributed by atoms with Crippen LogP contribution in [0.25, 0.3) is 5.69 Å². The van der Waals surface area contributed by atoms with Gasteiger partial charge >= 0.3 is 0 Å². The maximum absolute atomic E-state index is 14.6. The Hall–Kier alpha value is -5.29. The van der Waals surface area contributed by atoms with E-state index in [9.17, 15) is 24.3 Å². The number of hydrogen-bond donors (Lipinski definition) is 2. The Kier molecular flexibility index (Phi) is 12.6. The molecule has 1 aromatic heterocycles. The maximum Gasteiger partial charge on any atom is 0.262 e. The first kappa shape index (κ1) is 38.4. The molecule has 0 unspecified atom stereocenters. The number of ketones is 1. The highest BCUT2D eigenvalue weighted by atomic mass is 16.5. The summed E-state index contributed by atoms with van der Waals surface area (Å²) in [5.74, 6) is -0.262. The van der Waals surface area contributed by atoms with E-state index < -0.39 is 11.9 Å². The van der Waals surface area contributed by atoms with Crippen LogP contribution >= 0.6 is 0 Å². The summed E-state index contributed by atoms with van der Waals surface area (Å²) < 4.78 is 7.39. The third kappa shape index (κ3) is 8.73. The van der Waals surface area contributed by atoms with E-state index in [4.69, 9.17) is 9.84 Å². The Morgan fingerprint density at radius 1 is 0.963 bits per heavy atom. The Labute approximate surface area is 317 Å². The molecule has 1 saturated heterocycles. The number of rotatable bonds is 16. The molecule has 11 nitrogen and oxygen atoms in total. The summed E-state index contributed by atoms with van der Waals surface area (Å²) in [5.41, 5.74) is 5.09. The van der Waals surface area contributed by atoms with Crippen LogP contribution in [0.2, 0.25) is 0 Å². The van der Waals surface area contributed by atoms with E-state index in [0.29, 0.717) is 54.4 Å². The molecule has 6 rings (SSSR count). The Morgan fingerprint density at radius 3 is 2.35 bits per heavy atom. The summed E-state index contributed by atoms with van der Waals surface area (Å²) in [4.78, 5) is 57.1. The first-order valence-corrected chi connectivity index (χ1v) is 19.3. The molecule has 2 aliphatic heterocycles. The Balaban J connectivity index is 1.26. The lowest BCUT2D eigenvalue weighted by atomic mass is 9.90. The van der Waals surface area contributed by atoms with Gasteiger partial charge in [0.2, 0.25) is 5.91 Å². The van der Waals surface area contributed by atoms with Gasteiger partial charge in [-0.2, -0.15) is 5.10 Å². The van der Waals surface area contributed by atoms with Crippen LogP contribution in [0.4, 0.5) is 11.4 Å². The van der Waals surface area contributed by atoms with Gasteiger partial charge in [-0.05, 0) is 92.3 Å². The zero-order chi connectivity index (χ0) is 38.2. The van der Waals surface area contributed by atoms with Crippen LogP contribution in [0.3, 0.4) is 0 Å². The first-order valence-electron chi connectivity index (χ1n) is 19.3. The zero-order valence-electron chi connectivity index (χ0n) is 31.6. The number of benzene rings is 3. The fraction of sp³-hybridized carbons (Fsp3) is 0.419. The van der Waals surface area contributed by atoms with Crippen molar-refractivity contribution in [3.63, 3.8) is 0 Å². The van der Waals surface area contributed by atoms with Gasteiger partial charge < -0.3 is 25.0 Å². The lowest BCUT2D eigenvalue weighted by molar-refractivity contribution is -0.118. The van der Waals surface area contributed by atoms with Crippen LogP contribution < -0.4 is 15.0 Å². The fourth-order valence-electron chi connectivity index (χ4n) is 7.46. The standard InChI is InChI=1S/C43H51N5O6/c1-4-6-11-30(12-7-5-2)42(52)38-23-29(3)48(45-38)39-21-16-33(25-37(39)43(53)47-26-32-14-9-8-13-31(32)24-35(47)27-49)44-40(50)28-54-36-19-17-34(18-20-36)46-22-10-15-41(46)51/h8-9,13-14,16-21,23,25,30,35,49H,4-7,10-12,15,22,24,26-28H2,1-3H3,(H,44,50)/t35-/m0/s1. The fourth-order valence-corrected chi connectivity index (χ4v) is 7.46. The molecule has 0 aliphatic carbocycles. The highest BCUT2D eigenvalue weighted by Gasteiger charge is 2.32. The monoisotopic (exact) mass is 733 g/mol. The molecule has 1 fully saturated rings. The van der Waals surface area contributed by atoms with Gasteiger partial charge in [0.15, 0.2) is 12.4 Å². The van der Waals surface area contributed by atoms with E-state index >= 15 is 0 Å². The number of aryl methyl sites for hydroxylation is 1. The first-order chi connectivity index (χ1) is 26.2. The summed E-state index contributed by atoms with van der Waals surface area (Å²) in [6, 6.07) is 21.4. The number of carbonyl (C=O) groups is 4. The van der Waals surface area contributed by atoms with Crippen LogP contribution in [0.15, 0.2) is 72.8 Å². The minimum absolute atomic E-state index is 0.0164. The molecule has 11 heteroatoms. The molecule has 1 atom stereocenters. The van der Waals surface area contributed by atoms with Crippen molar-refractivity contribution in [1.82, 2.24) is 14.7 Å². The highest BCUT2D eigenvalue weighted by molar-refractivity contribution is 6.01. The van der Waals surface area contributed by atoms with E-state index in [1.54, 1.807) is 63.0 Å². The normalized spacial score (nSPS) is 15.4. The summed E-state index contributed by atoms with van der Waals surface area (Å²) >= 11 is 0. The number of hydrogen-bond acceptors (Lipinski definition) is 7. The average molecular weight is 734 g/mol. The van der Waals surface area contributed by atoms with Gasteiger partial charge in [-0.15, -0.1) is 0 Å². The number of aliphatic hydroxyl groups is 1. The molecule has 0 spiro atoms. The van der Waals surface area contributed by atoms with Gasteiger partial charge in [0.05, 0.1) is 23.9 Å². The number of unbranched alkanes of at least 4 members (excludes halogenated alkanes) is 2. The quantitative estimate of drug-likeness (QED) is 0.118. The number of nitrogens with one attached hydrogen (secondary N) is 1. The summed E-state index contributed by atoms with van der Waals surface area (Å²) in [6.45, 7) is 6.62.